The van der Waals surface area contributed by atoms with Crippen LogP contribution in [0.15, 0.2) is 36.0 Å². The van der Waals surface area contributed by atoms with Crippen LogP contribution in [0.2, 0.25) is 0 Å². The Kier molecular flexibility index (Phi) is 5.69. The van der Waals surface area contributed by atoms with Crippen molar-refractivity contribution in [3.8, 4) is 6.07 Å². The Balaban J connectivity index is 1.96. The van der Waals surface area contributed by atoms with Crippen molar-refractivity contribution in [2.45, 2.75) is 38.1 Å². The van der Waals surface area contributed by atoms with E-state index in [1.165, 1.54) is 36.9 Å². The number of benzene rings is 1. The van der Waals surface area contributed by atoms with Gasteiger partial charge in [0.05, 0.1) is 4.92 Å². The van der Waals surface area contributed by atoms with E-state index in [-0.39, 0.29) is 11.3 Å². The van der Waals surface area contributed by atoms with Crippen molar-refractivity contribution < 1.29 is 9.72 Å². The molecule has 1 aliphatic rings. The molecule has 2 N–H and O–H groups in total. The summed E-state index contributed by atoms with van der Waals surface area (Å²) in [5.41, 5.74) is 0.325. The molecular weight excluding hydrogens is 296 g/mol. The van der Waals surface area contributed by atoms with Crippen LogP contribution in [-0.4, -0.2) is 16.9 Å². The van der Waals surface area contributed by atoms with Gasteiger partial charge in [-0.15, -0.1) is 0 Å². The molecule has 23 heavy (non-hydrogen) atoms. The molecule has 0 aliphatic heterocycles. The molecule has 0 aromatic heterocycles. The lowest BCUT2D eigenvalue weighted by Gasteiger charge is -2.21. The topological polar surface area (TPSA) is 108 Å². The largest absolute Gasteiger partial charge is 0.387 e. The third kappa shape index (κ3) is 4.81. The number of non-ortho nitro benzene ring substituents is 1. The fraction of sp³-hybridized carbons (Fsp3) is 0.375. The summed E-state index contributed by atoms with van der Waals surface area (Å²) in [5.74, 6) is -0.537. The molecule has 1 saturated carbocycles. The number of rotatable bonds is 5. The summed E-state index contributed by atoms with van der Waals surface area (Å²) < 4.78 is 0. The van der Waals surface area contributed by atoms with E-state index in [1.54, 1.807) is 0 Å². The van der Waals surface area contributed by atoms with Gasteiger partial charge in [-0.05, 0) is 25.0 Å². The number of carbonyl (C=O) groups is 1. The Morgan fingerprint density at radius 3 is 2.48 bits per heavy atom. The van der Waals surface area contributed by atoms with Gasteiger partial charge in [-0.25, -0.2) is 0 Å². The summed E-state index contributed by atoms with van der Waals surface area (Å²) in [6, 6.07) is 7.63. The number of anilines is 1. The summed E-state index contributed by atoms with van der Waals surface area (Å²) in [4.78, 5) is 22.1. The maximum Gasteiger partial charge on any atom is 0.269 e. The van der Waals surface area contributed by atoms with E-state index >= 15 is 0 Å². The lowest BCUT2D eigenvalue weighted by molar-refractivity contribution is -0.384. The second-order valence-corrected chi connectivity index (χ2v) is 5.43. The third-order valence-electron chi connectivity index (χ3n) is 3.77. The van der Waals surface area contributed by atoms with Crippen LogP contribution in [-0.2, 0) is 4.79 Å². The highest BCUT2D eigenvalue weighted by Crippen LogP contribution is 2.18. The molecule has 0 spiro atoms. The lowest BCUT2D eigenvalue weighted by atomic mass is 9.96. The zero-order valence-corrected chi connectivity index (χ0v) is 12.6. The van der Waals surface area contributed by atoms with E-state index in [4.69, 9.17) is 5.26 Å². The summed E-state index contributed by atoms with van der Waals surface area (Å²) in [5, 5.41) is 25.4. The van der Waals surface area contributed by atoms with Crippen LogP contribution >= 0.6 is 0 Å². The van der Waals surface area contributed by atoms with Crippen LogP contribution in [0, 0.1) is 21.4 Å². The van der Waals surface area contributed by atoms with Crippen molar-refractivity contribution in [2.24, 2.45) is 0 Å². The Labute approximate surface area is 134 Å². The minimum atomic E-state index is -0.537. The first kappa shape index (κ1) is 16.5. The molecule has 0 radical (unpaired) electrons. The first-order valence-corrected chi connectivity index (χ1v) is 7.52. The Bertz CT molecular complexity index is 640. The lowest BCUT2D eigenvalue weighted by Crippen LogP contribution is -2.28. The minimum absolute atomic E-state index is 0.0195. The zero-order chi connectivity index (χ0) is 16.7. The maximum absolute atomic E-state index is 12.1. The van der Waals surface area contributed by atoms with Crippen molar-refractivity contribution in [2.75, 3.05) is 5.32 Å². The van der Waals surface area contributed by atoms with Gasteiger partial charge in [0, 0.05) is 30.1 Å². The van der Waals surface area contributed by atoms with Crippen LogP contribution in [0.3, 0.4) is 0 Å². The Morgan fingerprint density at radius 1 is 1.26 bits per heavy atom. The average molecular weight is 314 g/mol. The number of nitrogens with one attached hydrogen (secondary N) is 2. The van der Waals surface area contributed by atoms with Crippen LogP contribution in [0.5, 0.6) is 0 Å². The van der Waals surface area contributed by atoms with Gasteiger partial charge in [0.2, 0.25) is 0 Å². The predicted molar refractivity (Wildman–Crippen MR) is 85.4 cm³/mol. The van der Waals surface area contributed by atoms with Gasteiger partial charge >= 0.3 is 0 Å². The van der Waals surface area contributed by atoms with Crippen molar-refractivity contribution in [1.82, 2.24) is 5.32 Å². The SMILES string of the molecule is N#C/C(=C/NC1CCCCC1)C(=O)Nc1ccc([N+](=O)[O-])cc1. The Morgan fingerprint density at radius 2 is 1.91 bits per heavy atom. The highest BCUT2D eigenvalue weighted by Gasteiger charge is 2.14. The normalized spacial score (nSPS) is 15.5. The quantitative estimate of drug-likeness (QED) is 0.376. The molecule has 0 atom stereocenters. The van der Waals surface area contributed by atoms with E-state index in [2.05, 4.69) is 10.6 Å². The molecule has 2 rings (SSSR count). The fourth-order valence-electron chi connectivity index (χ4n) is 2.48. The van der Waals surface area contributed by atoms with Crippen LogP contribution in [0.1, 0.15) is 32.1 Å². The zero-order valence-electron chi connectivity index (χ0n) is 12.6. The number of nitriles is 1. The molecule has 7 nitrogen and oxygen atoms in total. The molecule has 7 heteroatoms. The molecule has 1 fully saturated rings. The van der Waals surface area contributed by atoms with E-state index in [0.29, 0.717) is 11.7 Å². The first-order valence-electron chi connectivity index (χ1n) is 7.52. The van der Waals surface area contributed by atoms with Gasteiger partial charge in [-0.3, -0.25) is 14.9 Å². The molecule has 1 aromatic rings. The van der Waals surface area contributed by atoms with Gasteiger partial charge in [-0.2, -0.15) is 5.26 Å². The molecule has 1 aromatic carbocycles. The smallest absolute Gasteiger partial charge is 0.269 e. The van der Waals surface area contributed by atoms with Gasteiger partial charge in [-0.1, -0.05) is 19.3 Å². The van der Waals surface area contributed by atoms with Crippen molar-refractivity contribution in [3.63, 3.8) is 0 Å². The number of amides is 1. The summed E-state index contributed by atoms with van der Waals surface area (Å²) in [6.45, 7) is 0. The summed E-state index contributed by atoms with van der Waals surface area (Å²) in [7, 11) is 0. The number of hydrogen-bond acceptors (Lipinski definition) is 5. The second-order valence-electron chi connectivity index (χ2n) is 5.43. The standard InChI is InChI=1S/C16H18N4O3/c17-10-12(11-18-13-4-2-1-3-5-13)16(21)19-14-6-8-15(9-7-14)20(22)23/h6-9,11,13,18H,1-5H2,(H,19,21)/b12-11-. The molecule has 120 valence electrons. The van der Waals surface area contributed by atoms with E-state index in [0.717, 1.165) is 25.7 Å². The monoisotopic (exact) mass is 314 g/mol. The number of nitro benzene ring substituents is 1. The predicted octanol–water partition coefficient (Wildman–Crippen LogP) is 2.86. The number of hydrogen-bond donors (Lipinski definition) is 2. The van der Waals surface area contributed by atoms with Crippen LogP contribution in [0.4, 0.5) is 11.4 Å². The van der Waals surface area contributed by atoms with Gasteiger partial charge in [0.25, 0.3) is 11.6 Å². The summed E-state index contributed by atoms with van der Waals surface area (Å²) >= 11 is 0. The Hall–Kier alpha value is -2.88. The first-order chi connectivity index (χ1) is 11.1. The van der Waals surface area contributed by atoms with E-state index in [1.807, 2.05) is 6.07 Å². The number of nitrogens with zero attached hydrogens (tertiary/aromatic N) is 2. The van der Waals surface area contributed by atoms with E-state index in [9.17, 15) is 14.9 Å². The van der Waals surface area contributed by atoms with Crippen molar-refractivity contribution in [3.05, 3.63) is 46.2 Å². The highest BCUT2D eigenvalue weighted by atomic mass is 16.6. The van der Waals surface area contributed by atoms with Crippen LogP contribution in [0.25, 0.3) is 0 Å². The minimum Gasteiger partial charge on any atom is -0.387 e. The molecule has 0 unspecified atom stereocenters. The van der Waals surface area contributed by atoms with Crippen LogP contribution < -0.4 is 10.6 Å². The molecule has 1 aliphatic carbocycles. The van der Waals surface area contributed by atoms with Gasteiger partial charge in [0.1, 0.15) is 11.6 Å². The molecular formula is C16H18N4O3. The highest BCUT2D eigenvalue weighted by molar-refractivity contribution is 6.06. The van der Waals surface area contributed by atoms with Gasteiger partial charge < -0.3 is 10.6 Å². The molecule has 0 heterocycles. The van der Waals surface area contributed by atoms with Crippen molar-refractivity contribution in [1.29, 1.82) is 5.26 Å². The fourth-order valence-corrected chi connectivity index (χ4v) is 2.48. The second kappa shape index (κ2) is 7.94. The van der Waals surface area contributed by atoms with E-state index < -0.39 is 10.8 Å². The van der Waals surface area contributed by atoms with Gasteiger partial charge in [0.15, 0.2) is 0 Å². The molecule has 0 bridgehead atoms. The number of nitro groups is 1. The average Bonchev–Trinajstić information content (AvgIpc) is 2.57. The summed E-state index contributed by atoms with van der Waals surface area (Å²) in [6.07, 6.45) is 7.08. The molecule has 1 amide bonds. The maximum atomic E-state index is 12.1. The molecule has 0 saturated heterocycles. The van der Waals surface area contributed by atoms with Crippen molar-refractivity contribution >= 4 is 17.3 Å². The third-order valence-corrected chi connectivity index (χ3v) is 3.77. The number of carbonyl (C=O) groups excluding carboxylic acids is 1.